The minimum Gasteiger partial charge on any atom is -0.396 e. The minimum atomic E-state index is 0.242. The number of aliphatic hydroxyl groups is 1. The number of ketones is 1. The van der Waals surface area contributed by atoms with Crippen molar-refractivity contribution in [2.24, 2.45) is 0 Å². The van der Waals surface area contributed by atoms with Gasteiger partial charge in [-0.25, -0.2) is 0 Å². The van der Waals surface area contributed by atoms with Gasteiger partial charge in [0.2, 0.25) is 0 Å². The van der Waals surface area contributed by atoms with Crippen LogP contribution in [0.5, 0.6) is 0 Å². The zero-order valence-electron chi connectivity index (χ0n) is 7.01. The fourth-order valence-electron chi connectivity index (χ4n) is 0.715. The van der Waals surface area contributed by atoms with Crippen molar-refractivity contribution in [3.05, 3.63) is 0 Å². The Balaban J connectivity index is 2.95. The Bertz CT molecular complexity index is 104. The Morgan fingerprint density at radius 3 is 2.73 bits per heavy atom. The zero-order chi connectivity index (χ0) is 8.53. The maximum absolute atomic E-state index is 10.8. The van der Waals surface area contributed by atoms with Crippen LogP contribution in [-0.4, -0.2) is 29.0 Å². The minimum absolute atomic E-state index is 0.242. The first-order valence-electron chi connectivity index (χ1n) is 4.01. The SMILES string of the molecule is CCC(=O)CCCSCCO. The Kier molecular flexibility index (Phi) is 8.07. The lowest BCUT2D eigenvalue weighted by Gasteiger charge is -1.97. The molecule has 66 valence electrons. The van der Waals surface area contributed by atoms with E-state index in [1.54, 1.807) is 11.8 Å². The van der Waals surface area contributed by atoms with Crippen molar-refractivity contribution >= 4 is 17.5 Å². The van der Waals surface area contributed by atoms with Crippen LogP contribution in [0.25, 0.3) is 0 Å². The van der Waals surface area contributed by atoms with Crippen molar-refractivity contribution < 1.29 is 9.90 Å². The average Bonchev–Trinajstić information content (AvgIpc) is 2.04. The maximum atomic E-state index is 10.8. The third-order valence-corrected chi connectivity index (χ3v) is 2.42. The van der Waals surface area contributed by atoms with Gasteiger partial charge in [-0.3, -0.25) is 4.79 Å². The predicted octanol–water partition coefficient (Wildman–Crippen LogP) is 1.47. The monoisotopic (exact) mass is 176 g/mol. The van der Waals surface area contributed by atoms with E-state index < -0.39 is 0 Å². The fraction of sp³-hybridized carbons (Fsp3) is 0.875. The molecular formula is C8H16O2S. The smallest absolute Gasteiger partial charge is 0.132 e. The zero-order valence-corrected chi connectivity index (χ0v) is 7.82. The highest BCUT2D eigenvalue weighted by atomic mass is 32.2. The van der Waals surface area contributed by atoms with Gasteiger partial charge in [0.1, 0.15) is 5.78 Å². The van der Waals surface area contributed by atoms with E-state index in [0.29, 0.717) is 18.6 Å². The van der Waals surface area contributed by atoms with E-state index in [0.717, 1.165) is 17.9 Å². The normalized spacial score (nSPS) is 10.0. The van der Waals surface area contributed by atoms with Crippen LogP contribution < -0.4 is 0 Å². The van der Waals surface area contributed by atoms with Crippen molar-refractivity contribution in [2.75, 3.05) is 18.1 Å². The van der Waals surface area contributed by atoms with Crippen LogP contribution in [0.4, 0.5) is 0 Å². The van der Waals surface area contributed by atoms with Gasteiger partial charge in [-0.2, -0.15) is 11.8 Å². The predicted molar refractivity (Wildman–Crippen MR) is 48.9 cm³/mol. The molecule has 0 atom stereocenters. The molecule has 0 radical (unpaired) electrons. The Labute approximate surface area is 72.4 Å². The molecule has 0 fully saturated rings. The van der Waals surface area contributed by atoms with Crippen LogP contribution in [0.3, 0.4) is 0 Å². The molecule has 0 amide bonds. The molecule has 0 spiro atoms. The number of rotatable bonds is 7. The number of hydrogen-bond donors (Lipinski definition) is 1. The molecule has 0 aliphatic heterocycles. The van der Waals surface area contributed by atoms with Crippen molar-refractivity contribution in [3.8, 4) is 0 Å². The molecule has 0 aliphatic rings. The quantitative estimate of drug-likeness (QED) is 0.597. The number of carbonyl (C=O) groups is 1. The summed E-state index contributed by atoms with van der Waals surface area (Å²) in [7, 11) is 0. The topological polar surface area (TPSA) is 37.3 Å². The van der Waals surface area contributed by atoms with Crippen LogP contribution >= 0.6 is 11.8 Å². The van der Waals surface area contributed by atoms with Gasteiger partial charge in [0.05, 0.1) is 6.61 Å². The molecule has 0 heterocycles. The van der Waals surface area contributed by atoms with Crippen molar-refractivity contribution in [3.63, 3.8) is 0 Å². The number of aliphatic hydroxyl groups excluding tert-OH is 1. The van der Waals surface area contributed by atoms with Gasteiger partial charge in [0.25, 0.3) is 0 Å². The lowest BCUT2D eigenvalue weighted by molar-refractivity contribution is -0.118. The fourth-order valence-corrected chi connectivity index (χ4v) is 1.40. The molecule has 0 aromatic heterocycles. The van der Waals surface area contributed by atoms with Gasteiger partial charge in [-0.05, 0) is 12.2 Å². The van der Waals surface area contributed by atoms with Gasteiger partial charge in [0.15, 0.2) is 0 Å². The maximum Gasteiger partial charge on any atom is 0.132 e. The lowest BCUT2D eigenvalue weighted by atomic mass is 10.2. The molecule has 2 nitrogen and oxygen atoms in total. The molecule has 0 bridgehead atoms. The summed E-state index contributed by atoms with van der Waals surface area (Å²) in [6.45, 7) is 2.13. The molecule has 1 N–H and O–H groups in total. The molecule has 0 unspecified atom stereocenters. The molecular weight excluding hydrogens is 160 g/mol. The molecule has 0 rings (SSSR count). The highest BCUT2D eigenvalue weighted by Gasteiger charge is 1.96. The largest absolute Gasteiger partial charge is 0.396 e. The molecule has 0 aromatic carbocycles. The summed E-state index contributed by atoms with van der Waals surface area (Å²) in [6.07, 6.45) is 2.32. The van der Waals surface area contributed by atoms with Gasteiger partial charge in [0, 0.05) is 18.6 Å². The summed E-state index contributed by atoms with van der Waals surface area (Å²) >= 11 is 1.70. The van der Waals surface area contributed by atoms with Gasteiger partial charge in [-0.1, -0.05) is 6.92 Å². The second-order valence-corrected chi connectivity index (χ2v) is 3.56. The van der Waals surface area contributed by atoms with E-state index in [1.165, 1.54) is 0 Å². The van der Waals surface area contributed by atoms with E-state index in [9.17, 15) is 4.79 Å². The third kappa shape index (κ3) is 7.88. The van der Waals surface area contributed by atoms with E-state index in [2.05, 4.69) is 0 Å². The summed E-state index contributed by atoms with van der Waals surface area (Å²) < 4.78 is 0. The Morgan fingerprint density at radius 1 is 1.45 bits per heavy atom. The highest BCUT2D eigenvalue weighted by Crippen LogP contribution is 2.04. The molecule has 0 aromatic rings. The van der Waals surface area contributed by atoms with E-state index in [1.807, 2.05) is 6.92 Å². The van der Waals surface area contributed by atoms with Crippen LogP contribution in [-0.2, 0) is 4.79 Å². The molecule has 3 heteroatoms. The van der Waals surface area contributed by atoms with Gasteiger partial charge >= 0.3 is 0 Å². The first kappa shape index (κ1) is 11.0. The third-order valence-electron chi connectivity index (χ3n) is 1.37. The number of Topliss-reactive ketones (excluding diaryl/α,β-unsaturated/α-hetero) is 1. The van der Waals surface area contributed by atoms with Crippen molar-refractivity contribution in [1.29, 1.82) is 0 Å². The van der Waals surface area contributed by atoms with Crippen LogP contribution in [0.1, 0.15) is 26.2 Å². The van der Waals surface area contributed by atoms with Gasteiger partial charge in [-0.15, -0.1) is 0 Å². The van der Waals surface area contributed by atoms with Crippen molar-refractivity contribution in [1.82, 2.24) is 0 Å². The Morgan fingerprint density at radius 2 is 2.18 bits per heavy atom. The van der Waals surface area contributed by atoms with Crippen LogP contribution in [0.2, 0.25) is 0 Å². The number of hydrogen-bond acceptors (Lipinski definition) is 3. The van der Waals surface area contributed by atoms with Gasteiger partial charge < -0.3 is 5.11 Å². The van der Waals surface area contributed by atoms with E-state index in [-0.39, 0.29) is 6.61 Å². The summed E-state index contributed by atoms with van der Waals surface area (Å²) in [4.78, 5) is 10.8. The summed E-state index contributed by atoms with van der Waals surface area (Å²) in [6, 6.07) is 0. The molecule has 0 saturated carbocycles. The number of carbonyl (C=O) groups excluding carboxylic acids is 1. The highest BCUT2D eigenvalue weighted by molar-refractivity contribution is 7.99. The standard InChI is InChI=1S/C8H16O2S/c1-2-8(10)4-3-6-11-7-5-9/h9H,2-7H2,1H3. The first-order valence-corrected chi connectivity index (χ1v) is 5.17. The second kappa shape index (κ2) is 8.08. The van der Waals surface area contributed by atoms with E-state index >= 15 is 0 Å². The van der Waals surface area contributed by atoms with Crippen LogP contribution in [0, 0.1) is 0 Å². The molecule has 0 saturated heterocycles. The summed E-state index contributed by atoms with van der Waals surface area (Å²) in [5.41, 5.74) is 0. The van der Waals surface area contributed by atoms with E-state index in [4.69, 9.17) is 5.11 Å². The first-order chi connectivity index (χ1) is 5.31. The average molecular weight is 176 g/mol. The van der Waals surface area contributed by atoms with Crippen molar-refractivity contribution in [2.45, 2.75) is 26.2 Å². The summed E-state index contributed by atoms with van der Waals surface area (Å²) in [5, 5.41) is 8.43. The summed E-state index contributed by atoms with van der Waals surface area (Å²) in [5.74, 6) is 2.13. The molecule has 11 heavy (non-hydrogen) atoms. The number of thioether (sulfide) groups is 1. The Hall–Kier alpha value is -0.0200. The molecule has 0 aliphatic carbocycles. The van der Waals surface area contributed by atoms with Crippen LogP contribution in [0.15, 0.2) is 0 Å². The lowest BCUT2D eigenvalue weighted by Crippen LogP contribution is -1.96. The second-order valence-electron chi connectivity index (χ2n) is 2.33.